The average Bonchev–Trinajstić information content (AvgIpc) is 2.57. The molecule has 0 amide bonds. The zero-order valence-electron chi connectivity index (χ0n) is 12.3. The molecule has 0 spiro atoms. The Hall–Kier alpha value is -2.80. The maximum atomic E-state index is 9.43. The van der Waals surface area contributed by atoms with Crippen LogP contribution in [0.2, 0.25) is 0 Å². The van der Waals surface area contributed by atoms with Gasteiger partial charge in [-0.05, 0) is 26.0 Å². The van der Waals surface area contributed by atoms with Crippen molar-refractivity contribution in [3.8, 4) is 24.7 Å². The summed E-state index contributed by atoms with van der Waals surface area (Å²) in [6.07, 6.45) is 16.3. The third kappa shape index (κ3) is 4.64. The molecule has 0 aliphatic carbocycles. The summed E-state index contributed by atoms with van der Waals surface area (Å²) in [5, 5.41) is 18.9. The van der Waals surface area contributed by atoms with Gasteiger partial charge in [-0.2, -0.15) is 0 Å². The number of rotatable bonds is 2. The molecular formula is C16H16N4O2. The molecule has 6 nitrogen and oxygen atoms in total. The molecule has 6 heteroatoms. The third-order valence-corrected chi connectivity index (χ3v) is 2.56. The van der Waals surface area contributed by atoms with Gasteiger partial charge in [-0.1, -0.05) is 11.8 Å². The van der Waals surface area contributed by atoms with Crippen LogP contribution in [-0.4, -0.2) is 30.1 Å². The van der Waals surface area contributed by atoms with Gasteiger partial charge < -0.3 is 10.2 Å². The van der Waals surface area contributed by atoms with E-state index in [-0.39, 0.29) is 11.6 Å². The Balaban J connectivity index is 0.000000220. The number of nitrogens with zero attached hydrogens (tertiary/aromatic N) is 4. The van der Waals surface area contributed by atoms with Crippen LogP contribution in [0.4, 0.5) is 0 Å². The minimum atomic E-state index is -1.36. The van der Waals surface area contributed by atoms with E-state index < -0.39 is 11.2 Å². The largest absolute Gasteiger partial charge is 0.371 e. The Kier molecular flexibility index (Phi) is 5.71. The number of aliphatic hydroxyl groups is 2. The average molecular weight is 296 g/mol. The van der Waals surface area contributed by atoms with Crippen LogP contribution in [0.25, 0.3) is 0 Å². The predicted octanol–water partition coefficient (Wildman–Crippen LogP) is 0.635. The molecule has 2 N–H and O–H groups in total. The summed E-state index contributed by atoms with van der Waals surface area (Å²) in [6.45, 7) is 2.95. The van der Waals surface area contributed by atoms with Crippen molar-refractivity contribution in [1.29, 1.82) is 0 Å². The van der Waals surface area contributed by atoms with Gasteiger partial charge in [0.1, 0.15) is 0 Å². The molecule has 2 aromatic rings. The van der Waals surface area contributed by atoms with E-state index in [2.05, 4.69) is 31.8 Å². The molecule has 0 aliphatic rings. The van der Waals surface area contributed by atoms with Gasteiger partial charge in [0, 0.05) is 24.8 Å². The minimum Gasteiger partial charge on any atom is -0.371 e. The summed E-state index contributed by atoms with van der Waals surface area (Å²) < 4.78 is 0. The van der Waals surface area contributed by atoms with Gasteiger partial charge in [-0.3, -0.25) is 0 Å². The molecule has 0 saturated carbocycles. The SMILES string of the molecule is C#C[C@@](C)(O)c1ncccn1.C#C[C@](C)(O)c1ncccn1. The van der Waals surface area contributed by atoms with Crippen molar-refractivity contribution in [2.24, 2.45) is 0 Å². The van der Waals surface area contributed by atoms with E-state index in [1.54, 1.807) is 12.1 Å². The van der Waals surface area contributed by atoms with E-state index in [1.165, 1.54) is 38.6 Å². The summed E-state index contributed by atoms with van der Waals surface area (Å²) >= 11 is 0. The minimum absolute atomic E-state index is 0.252. The predicted molar refractivity (Wildman–Crippen MR) is 80.9 cm³/mol. The number of terminal acetylenes is 2. The van der Waals surface area contributed by atoms with E-state index in [4.69, 9.17) is 12.8 Å². The maximum Gasteiger partial charge on any atom is 0.182 e. The van der Waals surface area contributed by atoms with Crippen molar-refractivity contribution < 1.29 is 10.2 Å². The zero-order valence-corrected chi connectivity index (χ0v) is 12.3. The summed E-state index contributed by atoms with van der Waals surface area (Å²) in [4.78, 5) is 15.3. The van der Waals surface area contributed by atoms with E-state index in [1.807, 2.05) is 0 Å². The molecule has 0 bridgehead atoms. The van der Waals surface area contributed by atoms with Crippen molar-refractivity contribution in [1.82, 2.24) is 19.9 Å². The first kappa shape index (κ1) is 17.3. The Bertz CT molecular complexity index is 609. The molecule has 2 aromatic heterocycles. The highest BCUT2D eigenvalue weighted by Gasteiger charge is 2.22. The number of aromatic nitrogens is 4. The van der Waals surface area contributed by atoms with Gasteiger partial charge in [0.15, 0.2) is 22.9 Å². The smallest absolute Gasteiger partial charge is 0.182 e. The van der Waals surface area contributed by atoms with Crippen molar-refractivity contribution in [2.45, 2.75) is 25.0 Å². The molecule has 112 valence electrons. The first-order valence-corrected chi connectivity index (χ1v) is 6.29. The molecule has 2 rings (SSSR count). The summed E-state index contributed by atoms with van der Waals surface area (Å²) in [6, 6.07) is 3.33. The Labute approximate surface area is 129 Å². The van der Waals surface area contributed by atoms with Crippen LogP contribution in [0.1, 0.15) is 25.5 Å². The maximum absolute atomic E-state index is 9.43. The van der Waals surface area contributed by atoms with E-state index in [0.29, 0.717) is 0 Å². The normalized spacial score (nSPS) is 15.0. The van der Waals surface area contributed by atoms with Gasteiger partial charge in [0.05, 0.1) is 0 Å². The molecule has 0 radical (unpaired) electrons. The van der Waals surface area contributed by atoms with Gasteiger partial charge in [0.25, 0.3) is 0 Å². The second kappa shape index (κ2) is 7.28. The lowest BCUT2D eigenvalue weighted by Gasteiger charge is -2.12. The van der Waals surface area contributed by atoms with Crippen LogP contribution in [0.15, 0.2) is 36.9 Å². The summed E-state index contributed by atoms with van der Waals surface area (Å²) in [7, 11) is 0. The molecule has 2 heterocycles. The highest BCUT2D eigenvalue weighted by atomic mass is 16.3. The summed E-state index contributed by atoms with van der Waals surface area (Å²) in [5.74, 6) is 4.88. The van der Waals surface area contributed by atoms with Crippen molar-refractivity contribution in [3.63, 3.8) is 0 Å². The van der Waals surface area contributed by atoms with Crippen LogP contribution < -0.4 is 0 Å². The van der Waals surface area contributed by atoms with E-state index in [0.717, 1.165) is 0 Å². The fraction of sp³-hybridized carbons (Fsp3) is 0.250. The van der Waals surface area contributed by atoms with Gasteiger partial charge >= 0.3 is 0 Å². The highest BCUT2D eigenvalue weighted by Crippen LogP contribution is 2.13. The second-order valence-corrected chi connectivity index (χ2v) is 4.58. The summed E-state index contributed by atoms with van der Waals surface area (Å²) in [5.41, 5.74) is -2.72. The lowest BCUT2D eigenvalue weighted by atomic mass is 10.1. The first-order valence-electron chi connectivity index (χ1n) is 6.29. The zero-order chi connectivity index (χ0) is 16.6. The Morgan fingerprint density at radius 1 is 0.773 bits per heavy atom. The lowest BCUT2D eigenvalue weighted by Crippen LogP contribution is -2.21. The van der Waals surface area contributed by atoms with Crippen molar-refractivity contribution in [2.75, 3.05) is 0 Å². The standard InChI is InChI=1S/2C8H8N2O/c2*1-3-8(2,11)7-9-5-4-6-10-7/h2*1,4-6,11H,2H3/t2*8-/m10/s1. The number of hydrogen-bond donors (Lipinski definition) is 2. The molecule has 0 unspecified atom stereocenters. The van der Waals surface area contributed by atoms with Crippen LogP contribution in [-0.2, 0) is 11.2 Å². The Morgan fingerprint density at radius 3 is 1.27 bits per heavy atom. The van der Waals surface area contributed by atoms with Gasteiger partial charge in [-0.25, -0.2) is 19.9 Å². The molecule has 0 aromatic carbocycles. The lowest BCUT2D eigenvalue weighted by molar-refractivity contribution is 0.111. The van der Waals surface area contributed by atoms with Crippen molar-refractivity contribution >= 4 is 0 Å². The molecule has 0 fully saturated rings. The third-order valence-electron chi connectivity index (χ3n) is 2.56. The van der Waals surface area contributed by atoms with E-state index >= 15 is 0 Å². The topological polar surface area (TPSA) is 92.0 Å². The van der Waals surface area contributed by atoms with Crippen molar-refractivity contribution in [3.05, 3.63) is 48.6 Å². The molecule has 2 atom stereocenters. The molecule has 0 aliphatic heterocycles. The number of hydrogen-bond acceptors (Lipinski definition) is 6. The fourth-order valence-electron chi connectivity index (χ4n) is 1.23. The highest BCUT2D eigenvalue weighted by molar-refractivity contribution is 5.16. The van der Waals surface area contributed by atoms with Crippen LogP contribution in [0.3, 0.4) is 0 Å². The quantitative estimate of drug-likeness (QED) is 0.790. The fourth-order valence-corrected chi connectivity index (χ4v) is 1.23. The molecular weight excluding hydrogens is 280 g/mol. The van der Waals surface area contributed by atoms with Crippen LogP contribution in [0, 0.1) is 24.7 Å². The van der Waals surface area contributed by atoms with E-state index in [9.17, 15) is 10.2 Å². The molecule has 0 saturated heterocycles. The van der Waals surface area contributed by atoms with Crippen LogP contribution in [0.5, 0.6) is 0 Å². The van der Waals surface area contributed by atoms with Crippen LogP contribution >= 0.6 is 0 Å². The van der Waals surface area contributed by atoms with Gasteiger partial charge in [0.2, 0.25) is 0 Å². The first-order chi connectivity index (χ1) is 10.3. The Morgan fingerprint density at radius 2 is 1.05 bits per heavy atom. The second-order valence-electron chi connectivity index (χ2n) is 4.58. The molecule has 22 heavy (non-hydrogen) atoms. The van der Waals surface area contributed by atoms with Gasteiger partial charge in [-0.15, -0.1) is 12.8 Å². The monoisotopic (exact) mass is 296 g/mol.